The molecule has 5 heteroatoms. The lowest BCUT2D eigenvalue weighted by atomic mass is 10.0. The van der Waals surface area contributed by atoms with Gasteiger partial charge in [-0.25, -0.2) is 0 Å². The molecule has 1 N–H and O–H groups in total. The van der Waals surface area contributed by atoms with E-state index in [2.05, 4.69) is 59.3 Å². The first-order valence-electron chi connectivity index (χ1n) is 10.1. The van der Waals surface area contributed by atoms with Crippen molar-refractivity contribution < 1.29 is 9.53 Å². The van der Waals surface area contributed by atoms with Crippen LogP contribution in [0.1, 0.15) is 30.5 Å². The van der Waals surface area contributed by atoms with Gasteiger partial charge in [-0.1, -0.05) is 48.9 Å². The Kier molecular flexibility index (Phi) is 6.93. The summed E-state index contributed by atoms with van der Waals surface area (Å²) >= 11 is 0. The normalized spacial score (nSPS) is 15.9. The molecule has 5 nitrogen and oxygen atoms in total. The van der Waals surface area contributed by atoms with E-state index in [9.17, 15) is 4.79 Å². The highest BCUT2D eigenvalue weighted by atomic mass is 16.5. The number of hydrogen-bond acceptors (Lipinski definition) is 4. The van der Waals surface area contributed by atoms with Crippen LogP contribution in [0, 0.1) is 6.92 Å². The number of carbonyl (C=O) groups excluding carboxylic acids is 1. The van der Waals surface area contributed by atoms with Crippen LogP contribution in [-0.2, 0) is 4.79 Å². The summed E-state index contributed by atoms with van der Waals surface area (Å²) in [6, 6.07) is 16.6. The molecule has 1 aliphatic heterocycles. The summed E-state index contributed by atoms with van der Waals surface area (Å²) in [5.74, 6) is 0.996. The summed E-state index contributed by atoms with van der Waals surface area (Å²) in [4.78, 5) is 17.1. The molecule has 2 aromatic carbocycles. The fourth-order valence-electron chi connectivity index (χ4n) is 3.70. The maximum absolute atomic E-state index is 12.6. The van der Waals surface area contributed by atoms with Crippen molar-refractivity contribution in [2.24, 2.45) is 0 Å². The van der Waals surface area contributed by atoms with E-state index in [1.54, 1.807) is 7.11 Å². The number of benzene rings is 2. The Morgan fingerprint density at radius 1 is 1.07 bits per heavy atom. The summed E-state index contributed by atoms with van der Waals surface area (Å²) in [6.07, 6.45) is 0.885. The van der Waals surface area contributed by atoms with Gasteiger partial charge in [-0.3, -0.25) is 9.69 Å². The van der Waals surface area contributed by atoms with E-state index in [-0.39, 0.29) is 11.9 Å². The first-order chi connectivity index (χ1) is 13.6. The van der Waals surface area contributed by atoms with Crippen molar-refractivity contribution in [2.45, 2.75) is 26.3 Å². The van der Waals surface area contributed by atoms with Gasteiger partial charge in [-0.05, 0) is 31.0 Å². The molecule has 0 saturated carbocycles. The van der Waals surface area contributed by atoms with Crippen LogP contribution in [0.15, 0.2) is 48.5 Å². The van der Waals surface area contributed by atoms with Crippen LogP contribution in [0.3, 0.4) is 0 Å². The molecule has 28 heavy (non-hydrogen) atoms. The summed E-state index contributed by atoms with van der Waals surface area (Å²) in [7, 11) is 1.71. The van der Waals surface area contributed by atoms with Crippen LogP contribution in [0.2, 0.25) is 0 Å². The van der Waals surface area contributed by atoms with Gasteiger partial charge in [0, 0.05) is 26.2 Å². The van der Waals surface area contributed by atoms with Crippen molar-refractivity contribution in [3.8, 4) is 5.75 Å². The zero-order valence-corrected chi connectivity index (χ0v) is 17.1. The van der Waals surface area contributed by atoms with E-state index in [0.717, 1.165) is 44.0 Å². The number of methoxy groups -OCH3 is 1. The van der Waals surface area contributed by atoms with E-state index < -0.39 is 0 Å². The number of piperazine rings is 1. The van der Waals surface area contributed by atoms with Crippen molar-refractivity contribution in [2.75, 3.05) is 44.7 Å². The molecule has 1 amide bonds. The van der Waals surface area contributed by atoms with Crippen LogP contribution in [0.5, 0.6) is 5.75 Å². The molecular weight excluding hydrogens is 350 g/mol. The third-order valence-corrected chi connectivity index (χ3v) is 5.39. The van der Waals surface area contributed by atoms with Crippen LogP contribution < -0.4 is 15.0 Å². The summed E-state index contributed by atoms with van der Waals surface area (Å²) < 4.78 is 5.48. The summed E-state index contributed by atoms with van der Waals surface area (Å²) in [5, 5.41) is 3.20. The molecule has 1 atom stereocenters. The maximum atomic E-state index is 12.6. The Bertz CT molecular complexity index is 768. The Morgan fingerprint density at radius 3 is 2.39 bits per heavy atom. The third-order valence-electron chi connectivity index (χ3n) is 5.39. The highest BCUT2D eigenvalue weighted by Crippen LogP contribution is 2.28. The standard InChI is InChI=1S/C23H31N3O2/c1-4-20(19-11-9-18(2)10-12-19)24-23(27)17-25-13-15-26(16-14-25)21-7-5-6-8-22(21)28-3/h5-12,20H,4,13-17H2,1-3H3,(H,24,27)/t20-/m1/s1. The highest BCUT2D eigenvalue weighted by Gasteiger charge is 2.22. The van der Waals surface area contributed by atoms with Crippen molar-refractivity contribution in [3.05, 3.63) is 59.7 Å². The lowest BCUT2D eigenvalue weighted by Gasteiger charge is -2.36. The number of aryl methyl sites for hydroxylation is 1. The van der Waals surface area contributed by atoms with Crippen LogP contribution in [0.4, 0.5) is 5.69 Å². The summed E-state index contributed by atoms with van der Waals surface area (Å²) in [6.45, 7) is 8.15. The molecule has 0 unspecified atom stereocenters. The van der Waals surface area contributed by atoms with Gasteiger partial charge in [0.2, 0.25) is 5.91 Å². The highest BCUT2D eigenvalue weighted by molar-refractivity contribution is 5.78. The fraction of sp³-hybridized carbons (Fsp3) is 0.435. The fourth-order valence-corrected chi connectivity index (χ4v) is 3.70. The largest absolute Gasteiger partial charge is 0.495 e. The van der Waals surface area contributed by atoms with E-state index in [4.69, 9.17) is 4.74 Å². The number of hydrogen-bond donors (Lipinski definition) is 1. The Hall–Kier alpha value is -2.53. The first-order valence-corrected chi connectivity index (χ1v) is 10.1. The molecule has 1 saturated heterocycles. The minimum absolute atomic E-state index is 0.0722. The smallest absolute Gasteiger partial charge is 0.234 e. The maximum Gasteiger partial charge on any atom is 0.234 e. The Labute approximate surface area is 168 Å². The molecule has 0 spiro atoms. The van der Waals surface area contributed by atoms with E-state index in [0.29, 0.717) is 6.54 Å². The number of ether oxygens (including phenoxy) is 1. The molecule has 0 radical (unpaired) electrons. The average molecular weight is 382 g/mol. The number of nitrogens with one attached hydrogen (secondary N) is 1. The number of para-hydroxylation sites is 2. The van der Waals surface area contributed by atoms with Crippen molar-refractivity contribution in [1.29, 1.82) is 0 Å². The molecule has 2 aromatic rings. The van der Waals surface area contributed by atoms with Crippen LogP contribution in [-0.4, -0.2) is 50.6 Å². The van der Waals surface area contributed by atoms with Gasteiger partial charge in [-0.2, -0.15) is 0 Å². The molecule has 0 aromatic heterocycles. The second kappa shape index (κ2) is 9.60. The lowest BCUT2D eigenvalue weighted by Crippen LogP contribution is -2.49. The van der Waals surface area contributed by atoms with Crippen LogP contribution >= 0.6 is 0 Å². The quantitative estimate of drug-likeness (QED) is 0.798. The van der Waals surface area contributed by atoms with Crippen molar-refractivity contribution in [3.63, 3.8) is 0 Å². The number of anilines is 1. The van der Waals surface area contributed by atoms with E-state index in [1.165, 1.54) is 11.1 Å². The van der Waals surface area contributed by atoms with Crippen LogP contribution in [0.25, 0.3) is 0 Å². The number of carbonyl (C=O) groups is 1. The average Bonchev–Trinajstić information content (AvgIpc) is 2.73. The van der Waals surface area contributed by atoms with Gasteiger partial charge in [0.15, 0.2) is 0 Å². The molecule has 1 fully saturated rings. The molecule has 1 aliphatic rings. The van der Waals surface area contributed by atoms with Crippen molar-refractivity contribution >= 4 is 11.6 Å². The zero-order chi connectivity index (χ0) is 19.9. The topological polar surface area (TPSA) is 44.8 Å². The van der Waals surface area contributed by atoms with E-state index >= 15 is 0 Å². The Morgan fingerprint density at radius 2 is 1.75 bits per heavy atom. The van der Waals surface area contributed by atoms with Gasteiger partial charge in [0.25, 0.3) is 0 Å². The zero-order valence-electron chi connectivity index (χ0n) is 17.1. The second-order valence-electron chi connectivity index (χ2n) is 7.37. The lowest BCUT2D eigenvalue weighted by molar-refractivity contribution is -0.123. The molecule has 0 bridgehead atoms. The monoisotopic (exact) mass is 381 g/mol. The third kappa shape index (κ3) is 5.04. The van der Waals surface area contributed by atoms with Gasteiger partial charge in [0.05, 0.1) is 25.4 Å². The SMILES string of the molecule is CC[C@@H](NC(=O)CN1CCN(c2ccccc2OC)CC1)c1ccc(C)cc1. The van der Waals surface area contributed by atoms with Gasteiger partial charge >= 0.3 is 0 Å². The molecule has 0 aliphatic carbocycles. The van der Waals surface area contributed by atoms with Gasteiger partial charge < -0.3 is 15.0 Å². The predicted octanol–water partition coefficient (Wildman–Crippen LogP) is 3.39. The Balaban J connectivity index is 1.51. The number of rotatable bonds is 7. The van der Waals surface area contributed by atoms with Gasteiger partial charge in [0.1, 0.15) is 5.75 Å². The minimum Gasteiger partial charge on any atom is -0.495 e. The van der Waals surface area contributed by atoms with Crippen molar-refractivity contribution in [1.82, 2.24) is 10.2 Å². The molecule has 1 heterocycles. The predicted molar refractivity (Wildman–Crippen MR) is 114 cm³/mol. The number of amides is 1. The minimum atomic E-state index is 0.0722. The molecule has 150 valence electrons. The first kappa shape index (κ1) is 20.2. The molecule has 3 rings (SSSR count). The second-order valence-corrected chi connectivity index (χ2v) is 7.37. The summed E-state index contributed by atoms with van der Waals surface area (Å²) in [5.41, 5.74) is 3.53. The number of nitrogens with zero attached hydrogens (tertiary/aromatic N) is 2. The van der Waals surface area contributed by atoms with Gasteiger partial charge in [-0.15, -0.1) is 0 Å². The van der Waals surface area contributed by atoms with E-state index in [1.807, 2.05) is 18.2 Å². The molecular formula is C23H31N3O2.